The molecule has 2 heterocycles. The molecule has 6 nitrogen and oxygen atoms in total. The van der Waals surface area contributed by atoms with Crippen molar-refractivity contribution in [2.45, 2.75) is 6.04 Å². The van der Waals surface area contributed by atoms with E-state index in [1.165, 1.54) is 0 Å². The second-order valence-electron chi connectivity index (χ2n) is 5.15. The molecule has 1 amide bonds. The number of hydrogen-bond donors (Lipinski definition) is 2. The molecule has 3 N–H and O–H groups in total. The zero-order valence-corrected chi connectivity index (χ0v) is 12.8. The normalized spacial score (nSPS) is 12.1. The molecule has 0 fully saturated rings. The van der Waals surface area contributed by atoms with Gasteiger partial charge in [-0.3, -0.25) is 4.79 Å². The van der Waals surface area contributed by atoms with Gasteiger partial charge in [0.25, 0.3) is 5.91 Å². The van der Waals surface area contributed by atoms with Crippen molar-refractivity contribution in [3.63, 3.8) is 0 Å². The van der Waals surface area contributed by atoms with Gasteiger partial charge in [-0.05, 0) is 35.9 Å². The molecule has 0 radical (unpaired) electrons. The number of ether oxygens (including phenoxy) is 1. The lowest BCUT2D eigenvalue weighted by molar-refractivity contribution is 0.0932. The fourth-order valence-corrected chi connectivity index (χ4v) is 2.43. The number of amides is 1. The van der Waals surface area contributed by atoms with E-state index in [0.29, 0.717) is 5.69 Å². The molecule has 2 aromatic heterocycles. The summed E-state index contributed by atoms with van der Waals surface area (Å²) in [6, 6.07) is 12.7. The minimum atomic E-state index is -0.303. The Bertz CT molecular complexity index is 828. The molecular weight excluding hydrogens is 292 g/mol. The lowest BCUT2D eigenvalue weighted by Crippen LogP contribution is -2.33. The Labute approximate surface area is 133 Å². The van der Waals surface area contributed by atoms with Crippen LogP contribution in [0.4, 0.5) is 0 Å². The van der Waals surface area contributed by atoms with Crippen LogP contribution < -0.4 is 15.8 Å². The summed E-state index contributed by atoms with van der Waals surface area (Å²) in [5, 5.41) is 2.92. The van der Waals surface area contributed by atoms with Crippen molar-refractivity contribution in [3.8, 4) is 5.75 Å². The van der Waals surface area contributed by atoms with Gasteiger partial charge in [-0.25, -0.2) is 4.98 Å². The zero-order chi connectivity index (χ0) is 16.2. The third-order valence-electron chi connectivity index (χ3n) is 3.69. The van der Waals surface area contributed by atoms with E-state index < -0.39 is 0 Å². The molecular formula is C17H18N4O2. The second-order valence-corrected chi connectivity index (χ2v) is 5.15. The summed E-state index contributed by atoms with van der Waals surface area (Å²) in [6.45, 7) is 0.284. The minimum absolute atomic E-state index is 0.257. The third kappa shape index (κ3) is 3.17. The van der Waals surface area contributed by atoms with E-state index in [1.54, 1.807) is 19.5 Å². The first kappa shape index (κ1) is 15.1. The molecule has 0 spiro atoms. The number of aromatic nitrogens is 2. The molecule has 1 atom stereocenters. The number of benzene rings is 1. The van der Waals surface area contributed by atoms with Crippen LogP contribution in [0.1, 0.15) is 22.1 Å². The third-order valence-corrected chi connectivity index (χ3v) is 3.69. The van der Waals surface area contributed by atoms with E-state index in [9.17, 15) is 4.79 Å². The van der Waals surface area contributed by atoms with Gasteiger partial charge in [0, 0.05) is 18.3 Å². The van der Waals surface area contributed by atoms with Crippen molar-refractivity contribution in [3.05, 3.63) is 66.2 Å². The van der Waals surface area contributed by atoms with Crippen molar-refractivity contribution in [2.24, 2.45) is 5.73 Å². The summed E-state index contributed by atoms with van der Waals surface area (Å²) in [6.07, 6.45) is 3.50. The van der Waals surface area contributed by atoms with Crippen molar-refractivity contribution >= 4 is 11.4 Å². The maximum Gasteiger partial charge on any atom is 0.270 e. The van der Waals surface area contributed by atoms with Crippen LogP contribution in [0.2, 0.25) is 0 Å². The minimum Gasteiger partial charge on any atom is -0.497 e. The highest BCUT2D eigenvalue weighted by atomic mass is 16.5. The number of carbonyl (C=O) groups is 1. The highest BCUT2D eigenvalue weighted by Gasteiger charge is 2.16. The number of nitrogens with zero attached hydrogens (tertiary/aromatic N) is 2. The van der Waals surface area contributed by atoms with E-state index in [2.05, 4.69) is 10.3 Å². The van der Waals surface area contributed by atoms with Crippen LogP contribution in [0.3, 0.4) is 0 Å². The Kier molecular flexibility index (Phi) is 4.25. The van der Waals surface area contributed by atoms with Crippen LogP contribution in [0.15, 0.2) is 55.0 Å². The number of nitrogens with one attached hydrogen (secondary N) is 1. The molecule has 0 aliphatic rings. The summed E-state index contributed by atoms with van der Waals surface area (Å²) in [5.41, 5.74) is 7.98. The molecule has 0 aliphatic carbocycles. The van der Waals surface area contributed by atoms with E-state index in [1.807, 2.05) is 47.0 Å². The average Bonchev–Trinajstić information content (AvgIpc) is 3.07. The summed E-state index contributed by atoms with van der Waals surface area (Å²) in [4.78, 5) is 16.6. The van der Waals surface area contributed by atoms with Gasteiger partial charge >= 0.3 is 0 Å². The summed E-state index contributed by atoms with van der Waals surface area (Å²) in [5.74, 6) is 0.467. The van der Waals surface area contributed by atoms with Crippen molar-refractivity contribution < 1.29 is 9.53 Å². The lowest BCUT2D eigenvalue weighted by atomic mass is 10.1. The van der Waals surface area contributed by atoms with E-state index in [-0.39, 0.29) is 18.5 Å². The van der Waals surface area contributed by atoms with Crippen LogP contribution >= 0.6 is 0 Å². The first-order chi connectivity index (χ1) is 11.2. The average molecular weight is 310 g/mol. The Morgan fingerprint density at radius 1 is 1.35 bits per heavy atom. The topological polar surface area (TPSA) is 81.6 Å². The largest absolute Gasteiger partial charge is 0.497 e. The number of rotatable bonds is 5. The van der Waals surface area contributed by atoms with Crippen LogP contribution in [0.5, 0.6) is 5.75 Å². The highest BCUT2D eigenvalue weighted by Crippen LogP contribution is 2.19. The van der Waals surface area contributed by atoms with Gasteiger partial charge in [0.15, 0.2) is 0 Å². The predicted molar refractivity (Wildman–Crippen MR) is 87.4 cm³/mol. The highest BCUT2D eigenvalue weighted by molar-refractivity contribution is 5.93. The summed E-state index contributed by atoms with van der Waals surface area (Å²) < 4.78 is 7.06. The molecule has 0 saturated carbocycles. The number of hydrogen-bond acceptors (Lipinski definition) is 4. The Morgan fingerprint density at radius 2 is 2.22 bits per heavy atom. The molecule has 23 heavy (non-hydrogen) atoms. The maximum absolute atomic E-state index is 12.4. The van der Waals surface area contributed by atoms with Crippen LogP contribution in [0, 0.1) is 0 Å². The Balaban J connectivity index is 1.81. The SMILES string of the molecule is COc1cccc(C(CN)NC(=O)c2cc3cccn3cn2)c1. The molecule has 0 bridgehead atoms. The number of methoxy groups -OCH3 is 1. The number of nitrogens with two attached hydrogens (primary N) is 1. The smallest absolute Gasteiger partial charge is 0.270 e. The van der Waals surface area contributed by atoms with Gasteiger partial charge in [-0.1, -0.05) is 12.1 Å². The van der Waals surface area contributed by atoms with Gasteiger partial charge in [0.05, 0.1) is 19.5 Å². The van der Waals surface area contributed by atoms with E-state index >= 15 is 0 Å². The molecule has 118 valence electrons. The quantitative estimate of drug-likeness (QED) is 0.752. The van der Waals surface area contributed by atoms with Crippen LogP contribution in [-0.2, 0) is 0 Å². The fourth-order valence-electron chi connectivity index (χ4n) is 2.43. The van der Waals surface area contributed by atoms with Crippen molar-refractivity contribution in [2.75, 3.05) is 13.7 Å². The van der Waals surface area contributed by atoms with Gasteiger partial charge in [0.1, 0.15) is 11.4 Å². The lowest BCUT2D eigenvalue weighted by Gasteiger charge is -2.17. The predicted octanol–water partition coefficient (Wildman–Crippen LogP) is 1.77. The second kappa shape index (κ2) is 6.50. The number of fused-ring (bicyclic) bond motifs is 1. The van der Waals surface area contributed by atoms with Gasteiger partial charge in [-0.2, -0.15) is 0 Å². The van der Waals surface area contributed by atoms with Crippen molar-refractivity contribution in [1.29, 1.82) is 0 Å². The van der Waals surface area contributed by atoms with Crippen molar-refractivity contribution in [1.82, 2.24) is 14.7 Å². The van der Waals surface area contributed by atoms with E-state index in [0.717, 1.165) is 16.8 Å². The monoisotopic (exact) mass is 310 g/mol. The fraction of sp³-hybridized carbons (Fsp3) is 0.176. The summed E-state index contributed by atoms with van der Waals surface area (Å²) in [7, 11) is 1.60. The molecule has 6 heteroatoms. The first-order valence-electron chi connectivity index (χ1n) is 7.29. The molecule has 3 rings (SSSR count). The van der Waals surface area contributed by atoms with E-state index in [4.69, 9.17) is 10.5 Å². The Morgan fingerprint density at radius 3 is 3.00 bits per heavy atom. The molecule has 1 unspecified atom stereocenters. The molecule has 0 saturated heterocycles. The molecule has 0 aliphatic heterocycles. The van der Waals surface area contributed by atoms with Gasteiger partial charge < -0.3 is 20.2 Å². The summed E-state index contributed by atoms with van der Waals surface area (Å²) >= 11 is 0. The Hall–Kier alpha value is -2.86. The first-order valence-corrected chi connectivity index (χ1v) is 7.29. The molecule has 1 aromatic carbocycles. The van der Waals surface area contributed by atoms with Gasteiger partial charge in [0.2, 0.25) is 0 Å². The zero-order valence-electron chi connectivity index (χ0n) is 12.8. The maximum atomic E-state index is 12.4. The van der Waals surface area contributed by atoms with Crippen LogP contribution in [0.25, 0.3) is 5.52 Å². The molecule has 3 aromatic rings. The van der Waals surface area contributed by atoms with Gasteiger partial charge in [-0.15, -0.1) is 0 Å². The van der Waals surface area contributed by atoms with Crippen LogP contribution in [-0.4, -0.2) is 28.9 Å². The number of carbonyl (C=O) groups excluding carboxylic acids is 1. The standard InChI is InChI=1S/C17H18N4O2/c1-23-14-6-2-4-12(8-14)16(10-18)20-17(22)15-9-13-5-3-7-21(13)11-19-15/h2-9,11,16H,10,18H2,1H3,(H,20,22).